The van der Waals surface area contributed by atoms with E-state index in [0.29, 0.717) is 0 Å². The van der Waals surface area contributed by atoms with Crippen LogP contribution in [-0.2, 0) is 35.4 Å². The smallest absolute Gasteiger partial charge is 0.407 e. The Morgan fingerprint density at radius 2 is 1.46 bits per heavy atom. The Balaban J connectivity index is 1.87. The predicted molar refractivity (Wildman–Crippen MR) is 192 cm³/mol. The molecule has 2 aromatic rings. The number of benzene rings is 2. The van der Waals surface area contributed by atoms with E-state index in [0.717, 1.165) is 28.9 Å². The van der Waals surface area contributed by atoms with Gasteiger partial charge in [-0.25, -0.2) is 17.9 Å². The van der Waals surface area contributed by atoms with E-state index in [1.54, 1.807) is 53.8 Å². The first-order valence-electron chi connectivity index (χ1n) is 16.7. The molecule has 0 aliphatic heterocycles. The molecule has 4 amide bonds. The molecule has 0 radical (unpaired) electrons. The molecule has 3 rings (SSSR count). The molecule has 274 valence electrons. The number of carbonyl (C=O) groups is 4. The molecule has 12 nitrogen and oxygen atoms in total. The molecule has 1 aliphatic carbocycles. The minimum atomic E-state index is -4.19. The monoisotopic (exact) mass is 711 g/mol. The van der Waals surface area contributed by atoms with Crippen molar-refractivity contribution < 1.29 is 32.7 Å². The highest BCUT2D eigenvalue weighted by atomic mass is 32.2. The molecule has 5 N–H and O–H groups in total. The van der Waals surface area contributed by atoms with E-state index in [1.165, 1.54) is 37.1 Å². The first-order chi connectivity index (χ1) is 22.9. The van der Waals surface area contributed by atoms with Gasteiger partial charge in [-0.15, -0.1) is 0 Å². The molecule has 3 atom stereocenters. The quantitative estimate of drug-likeness (QED) is 0.222. The molecule has 0 spiro atoms. The number of nitrogens with two attached hydrogens (primary N) is 1. The number of hydrogen-bond acceptors (Lipinski definition) is 7. The highest BCUT2D eigenvalue weighted by Gasteiger charge is 2.45. The third-order valence-electron chi connectivity index (χ3n) is 9.55. The van der Waals surface area contributed by atoms with Gasteiger partial charge >= 0.3 is 6.09 Å². The van der Waals surface area contributed by atoms with E-state index in [2.05, 4.69) is 10.0 Å². The minimum absolute atomic E-state index is 0.0755. The molecule has 0 heterocycles. The summed E-state index contributed by atoms with van der Waals surface area (Å²) >= 11 is 0. The van der Waals surface area contributed by atoms with Crippen molar-refractivity contribution in [2.45, 2.75) is 102 Å². The van der Waals surface area contributed by atoms with Crippen LogP contribution in [0.15, 0.2) is 71.1 Å². The summed E-state index contributed by atoms with van der Waals surface area (Å²) in [5, 5.41) is 12.8. The van der Waals surface area contributed by atoms with E-state index in [9.17, 15) is 32.7 Å². The summed E-state index contributed by atoms with van der Waals surface area (Å²) in [6, 6.07) is 12.3. The first kappa shape index (κ1) is 40.2. The molecule has 0 bridgehead atoms. The fourth-order valence-corrected chi connectivity index (χ4v) is 7.10. The molecular formula is C37H53N5O7S. The summed E-state index contributed by atoms with van der Waals surface area (Å²) in [4.78, 5) is 55.9. The molecule has 50 heavy (non-hydrogen) atoms. The Bertz CT molecular complexity index is 1710. The van der Waals surface area contributed by atoms with Gasteiger partial charge in [0.2, 0.25) is 11.8 Å². The normalized spacial score (nSPS) is 16.5. The van der Waals surface area contributed by atoms with Crippen LogP contribution >= 0.6 is 0 Å². The molecule has 1 fully saturated rings. The largest absolute Gasteiger partial charge is 0.465 e. The Hall–Kier alpha value is -4.23. The lowest BCUT2D eigenvalue weighted by atomic mass is 9.76. The molecular weight excluding hydrogens is 659 g/mol. The second-order valence-electron chi connectivity index (χ2n) is 15.3. The third kappa shape index (κ3) is 9.11. The van der Waals surface area contributed by atoms with Crippen LogP contribution in [0, 0.1) is 11.3 Å². The number of nitrogens with one attached hydrogen (secondary N) is 2. The van der Waals surface area contributed by atoms with Gasteiger partial charge in [0.15, 0.2) is 0 Å². The predicted octanol–water partition coefficient (Wildman–Crippen LogP) is 4.36. The van der Waals surface area contributed by atoms with Crippen LogP contribution in [0.4, 0.5) is 4.79 Å². The van der Waals surface area contributed by atoms with E-state index in [4.69, 9.17) is 5.73 Å². The van der Waals surface area contributed by atoms with Crippen LogP contribution in [0.3, 0.4) is 0 Å². The molecule has 1 saturated carbocycles. The molecule has 0 aromatic heterocycles. The van der Waals surface area contributed by atoms with Crippen LogP contribution in [-0.4, -0.2) is 79.4 Å². The fourth-order valence-electron chi connectivity index (χ4n) is 6.08. The van der Waals surface area contributed by atoms with Crippen LogP contribution < -0.4 is 15.8 Å². The molecule has 13 heteroatoms. The molecule has 0 unspecified atom stereocenters. The van der Waals surface area contributed by atoms with Crippen molar-refractivity contribution in [2.24, 2.45) is 17.1 Å². The zero-order chi connectivity index (χ0) is 38.0. The highest BCUT2D eigenvalue weighted by molar-refractivity contribution is 7.90. The standard InChI is InChI=1S/C37H53N5O7S/c1-23(2)28(22-24(3)31(43)40-50(48,49)27-18-16-26(17-19-27)37(38)20-21-37)41(9)33(45)29(35(4,5)6)39-32(44)30(42(10)34(46)47)36(7,8)25-14-12-11-13-15-25/h11-19,22-23,28-30H,20-21,38H2,1-10H3,(H,39,44)(H,40,43)(H,46,47)/t28-,29-,30-/m1/s1. The second-order valence-corrected chi connectivity index (χ2v) is 17.0. The van der Waals surface area contributed by atoms with E-state index < -0.39 is 68.3 Å². The van der Waals surface area contributed by atoms with Crippen molar-refractivity contribution in [3.8, 4) is 0 Å². The number of hydrogen-bond donors (Lipinski definition) is 4. The van der Waals surface area contributed by atoms with E-state index >= 15 is 0 Å². The van der Waals surface area contributed by atoms with Crippen molar-refractivity contribution in [2.75, 3.05) is 14.1 Å². The Kier molecular flexibility index (Phi) is 12.0. The van der Waals surface area contributed by atoms with Gasteiger partial charge in [-0.2, -0.15) is 0 Å². The average Bonchev–Trinajstić information content (AvgIpc) is 3.79. The summed E-state index contributed by atoms with van der Waals surface area (Å²) in [6.45, 7) is 14.1. The number of rotatable bonds is 13. The summed E-state index contributed by atoms with van der Waals surface area (Å²) in [6.07, 6.45) is 1.88. The first-order valence-corrected chi connectivity index (χ1v) is 18.2. The van der Waals surface area contributed by atoms with Gasteiger partial charge in [0.1, 0.15) is 12.1 Å². The van der Waals surface area contributed by atoms with Crippen molar-refractivity contribution >= 4 is 33.8 Å². The van der Waals surface area contributed by atoms with Crippen molar-refractivity contribution in [3.05, 3.63) is 77.4 Å². The van der Waals surface area contributed by atoms with E-state index in [-0.39, 0.29) is 16.4 Å². The van der Waals surface area contributed by atoms with Gasteiger partial charge in [-0.1, -0.05) is 97.0 Å². The van der Waals surface area contributed by atoms with Crippen LogP contribution in [0.2, 0.25) is 0 Å². The number of carboxylic acid groups (broad SMARTS) is 1. The van der Waals surface area contributed by atoms with Crippen LogP contribution in [0.5, 0.6) is 0 Å². The number of likely N-dealkylation sites (N-methyl/N-ethyl adjacent to an activating group) is 2. The van der Waals surface area contributed by atoms with Gasteiger partial charge in [0.25, 0.3) is 15.9 Å². The molecule has 0 saturated heterocycles. The minimum Gasteiger partial charge on any atom is -0.465 e. The maximum Gasteiger partial charge on any atom is 0.407 e. The van der Waals surface area contributed by atoms with Crippen LogP contribution in [0.1, 0.15) is 79.4 Å². The molecule has 1 aliphatic rings. The van der Waals surface area contributed by atoms with Gasteiger partial charge < -0.3 is 21.1 Å². The highest BCUT2D eigenvalue weighted by Crippen LogP contribution is 2.42. The Morgan fingerprint density at radius 3 is 1.92 bits per heavy atom. The maximum absolute atomic E-state index is 14.2. The SMILES string of the molecule is CC(=C[C@H](C(C)C)N(C)C(=O)[C@@H](NC(=O)[C@@H](N(C)C(=O)O)C(C)(C)c1ccccc1)C(C)(C)C)C(=O)NS(=O)(=O)c1ccc(C2(N)CC2)cc1. The number of nitrogens with zero attached hydrogens (tertiary/aromatic N) is 2. The van der Waals surface area contributed by atoms with Gasteiger partial charge in [-0.05, 0) is 54.4 Å². The van der Waals surface area contributed by atoms with Gasteiger partial charge in [-0.3, -0.25) is 19.3 Å². The van der Waals surface area contributed by atoms with Crippen molar-refractivity contribution in [1.29, 1.82) is 0 Å². The lowest BCUT2D eigenvalue weighted by Gasteiger charge is -2.41. The third-order valence-corrected chi connectivity index (χ3v) is 10.9. The summed E-state index contributed by atoms with van der Waals surface area (Å²) < 4.78 is 28.2. The molecule has 2 aromatic carbocycles. The summed E-state index contributed by atoms with van der Waals surface area (Å²) in [5.41, 5.74) is 5.64. The van der Waals surface area contributed by atoms with Crippen LogP contribution in [0.25, 0.3) is 0 Å². The zero-order valence-electron chi connectivity index (χ0n) is 30.8. The summed E-state index contributed by atoms with van der Waals surface area (Å²) in [7, 11) is -1.32. The number of amides is 4. The Morgan fingerprint density at radius 1 is 0.920 bits per heavy atom. The average molecular weight is 712 g/mol. The zero-order valence-corrected chi connectivity index (χ0v) is 31.6. The number of sulfonamides is 1. The maximum atomic E-state index is 14.2. The number of carbonyl (C=O) groups excluding carboxylic acids is 3. The Labute approximate surface area is 296 Å². The van der Waals surface area contributed by atoms with Gasteiger partial charge in [0, 0.05) is 30.6 Å². The second kappa shape index (κ2) is 14.9. The lowest BCUT2D eigenvalue weighted by molar-refractivity contribution is -0.141. The fraction of sp³-hybridized carbons (Fsp3) is 0.514. The summed E-state index contributed by atoms with van der Waals surface area (Å²) in [5.74, 6) is -2.18. The lowest BCUT2D eigenvalue weighted by Crippen LogP contribution is -2.62. The van der Waals surface area contributed by atoms with Crippen molar-refractivity contribution in [1.82, 2.24) is 19.8 Å². The van der Waals surface area contributed by atoms with E-state index in [1.807, 2.05) is 44.2 Å². The topological polar surface area (TPSA) is 179 Å². The van der Waals surface area contributed by atoms with Crippen molar-refractivity contribution in [3.63, 3.8) is 0 Å². The van der Waals surface area contributed by atoms with Gasteiger partial charge in [0.05, 0.1) is 10.9 Å².